The molecule has 0 saturated heterocycles. The smallest absolute Gasteiger partial charge is 0.265 e. The van der Waals surface area contributed by atoms with Crippen LogP contribution in [-0.4, -0.2) is 18.4 Å². The van der Waals surface area contributed by atoms with Crippen molar-refractivity contribution >= 4 is 54.1 Å². The number of hydrogen-bond acceptors (Lipinski definition) is 4. The van der Waals surface area contributed by atoms with Gasteiger partial charge in [-0.05, 0) is 34.1 Å². The second-order valence-corrected chi connectivity index (χ2v) is 7.39. The Morgan fingerprint density at radius 3 is 2.68 bits per heavy atom. The Hall–Kier alpha value is -1.70. The van der Waals surface area contributed by atoms with Gasteiger partial charge in [0.1, 0.15) is 10.0 Å². The first kappa shape index (κ1) is 15.2. The van der Waals surface area contributed by atoms with Crippen LogP contribution in [0, 0.1) is 0 Å². The molecule has 22 heavy (non-hydrogen) atoms. The second kappa shape index (κ2) is 5.83. The molecule has 0 fully saturated rings. The van der Waals surface area contributed by atoms with Gasteiger partial charge in [-0.25, -0.2) is 13.4 Å². The fourth-order valence-corrected chi connectivity index (χ4v) is 3.91. The van der Waals surface area contributed by atoms with E-state index < -0.39 is 10.0 Å². The summed E-state index contributed by atoms with van der Waals surface area (Å²) in [6.07, 6.45) is 2.89. The normalized spacial score (nSPS) is 11.5. The molecule has 2 aromatic heterocycles. The van der Waals surface area contributed by atoms with E-state index >= 15 is 0 Å². The number of halogens is 2. The van der Waals surface area contributed by atoms with Crippen LogP contribution in [-0.2, 0) is 10.0 Å². The standard InChI is InChI=1S/C14H9BrClN3O2S/c15-10-6-13(14(16)18-7-10)22(20,21)19-11-5-9-3-1-2-4-12(9)17-8-11/h1-8,19H. The Labute approximate surface area is 140 Å². The van der Waals surface area contributed by atoms with Crippen LogP contribution in [0.1, 0.15) is 0 Å². The first-order chi connectivity index (χ1) is 10.5. The zero-order chi connectivity index (χ0) is 15.7. The lowest BCUT2D eigenvalue weighted by molar-refractivity contribution is 0.601. The summed E-state index contributed by atoms with van der Waals surface area (Å²) in [5.41, 5.74) is 1.14. The van der Waals surface area contributed by atoms with Gasteiger partial charge in [-0.1, -0.05) is 29.8 Å². The second-order valence-electron chi connectivity index (χ2n) is 4.46. The van der Waals surface area contributed by atoms with Crippen molar-refractivity contribution < 1.29 is 8.42 Å². The van der Waals surface area contributed by atoms with Crippen LogP contribution in [0.25, 0.3) is 10.9 Å². The first-order valence-electron chi connectivity index (χ1n) is 6.14. The predicted octanol–water partition coefficient (Wildman–Crippen LogP) is 3.85. The molecule has 0 aliphatic carbocycles. The predicted molar refractivity (Wildman–Crippen MR) is 89.5 cm³/mol. The number of rotatable bonds is 3. The Balaban J connectivity index is 2.01. The summed E-state index contributed by atoms with van der Waals surface area (Å²) in [6, 6.07) is 10.5. The molecule has 3 rings (SSSR count). The van der Waals surface area contributed by atoms with Crippen LogP contribution < -0.4 is 4.72 Å². The molecule has 0 unspecified atom stereocenters. The van der Waals surface area contributed by atoms with Crippen LogP contribution in [0.4, 0.5) is 5.69 Å². The number of aromatic nitrogens is 2. The molecule has 2 heterocycles. The Kier molecular flexibility index (Phi) is 4.03. The van der Waals surface area contributed by atoms with Crippen LogP contribution in [0.3, 0.4) is 0 Å². The summed E-state index contributed by atoms with van der Waals surface area (Å²) < 4.78 is 27.8. The lowest BCUT2D eigenvalue weighted by Crippen LogP contribution is -2.14. The van der Waals surface area contributed by atoms with Crippen molar-refractivity contribution in [3.05, 3.63) is 58.4 Å². The highest BCUT2D eigenvalue weighted by Gasteiger charge is 2.19. The summed E-state index contributed by atoms with van der Waals surface area (Å²) in [6.45, 7) is 0. The number of nitrogens with one attached hydrogen (secondary N) is 1. The summed E-state index contributed by atoms with van der Waals surface area (Å²) in [4.78, 5) is 7.93. The number of sulfonamides is 1. The van der Waals surface area contributed by atoms with Gasteiger partial charge < -0.3 is 0 Å². The molecule has 0 saturated carbocycles. The summed E-state index contributed by atoms with van der Waals surface area (Å²) in [7, 11) is -3.85. The highest BCUT2D eigenvalue weighted by atomic mass is 79.9. The van der Waals surface area contributed by atoms with Crippen molar-refractivity contribution in [2.24, 2.45) is 0 Å². The maximum atomic E-state index is 12.4. The molecular formula is C14H9BrClN3O2S. The van der Waals surface area contributed by atoms with Crippen LogP contribution in [0.2, 0.25) is 5.15 Å². The molecule has 1 aromatic carbocycles. The zero-order valence-corrected chi connectivity index (χ0v) is 14.2. The molecule has 0 aliphatic heterocycles. The van der Waals surface area contributed by atoms with Gasteiger partial charge in [-0.15, -0.1) is 0 Å². The van der Waals surface area contributed by atoms with Crippen LogP contribution >= 0.6 is 27.5 Å². The van der Waals surface area contributed by atoms with E-state index in [4.69, 9.17) is 11.6 Å². The van der Waals surface area contributed by atoms with Crippen molar-refractivity contribution in [1.82, 2.24) is 9.97 Å². The maximum Gasteiger partial charge on any atom is 0.265 e. The minimum atomic E-state index is -3.85. The number of pyridine rings is 2. The van der Waals surface area contributed by atoms with Gasteiger partial charge in [0.25, 0.3) is 10.0 Å². The van der Waals surface area contributed by atoms with Gasteiger partial charge in [-0.2, -0.15) is 0 Å². The molecule has 1 N–H and O–H groups in total. The average Bonchev–Trinajstić information content (AvgIpc) is 2.49. The SMILES string of the molecule is O=S(=O)(Nc1cnc2ccccc2c1)c1cc(Br)cnc1Cl. The molecule has 0 radical (unpaired) electrons. The van der Waals surface area contributed by atoms with Gasteiger partial charge in [0, 0.05) is 16.1 Å². The van der Waals surface area contributed by atoms with E-state index in [1.54, 1.807) is 6.07 Å². The van der Waals surface area contributed by atoms with Crippen molar-refractivity contribution in [2.45, 2.75) is 4.90 Å². The molecule has 0 atom stereocenters. The molecule has 0 bridgehead atoms. The Morgan fingerprint density at radius 2 is 1.86 bits per heavy atom. The highest BCUT2D eigenvalue weighted by Crippen LogP contribution is 2.25. The van der Waals surface area contributed by atoms with Crippen molar-refractivity contribution in [2.75, 3.05) is 4.72 Å². The van der Waals surface area contributed by atoms with E-state index in [-0.39, 0.29) is 10.0 Å². The van der Waals surface area contributed by atoms with E-state index in [0.29, 0.717) is 10.2 Å². The van der Waals surface area contributed by atoms with Crippen molar-refractivity contribution in [3.8, 4) is 0 Å². The molecule has 112 valence electrons. The molecule has 0 spiro atoms. The lowest BCUT2D eigenvalue weighted by atomic mass is 10.2. The maximum absolute atomic E-state index is 12.4. The van der Waals surface area contributed by atoms with Gasteiger partial charge in [-0.3, -0.25) is 9.71 Å². The lowest BCUT2D eigenvalue weighted by Gasteiger charge is -2.09. The number of hydrogen-bond donors (Lipinski definition) is 1. The Bertz CT molecular complexity index is 963. The summed E-state index contributed by atoms with van der Waals surface area (Å²) in [5, 5.41) is 0.741. The molecule has 5 nitrogen and oxygen atoms in total. The average molecular weight is 399 g/mol. The highest BCUT2D eigenvalue weighted by molar-refractivity contribution is 9.10. The van der Waals surface area contributed by atoms with Gasteiger partial charge in [0.15, 0.2) is 0 Å². The minimum absolute atomic E-state index is 0.0931. The quantitative estimate of drug-likeness (QED) is 0.680. The fourth-order valence-electron chi connectivity index (χ4n) is 1.93. The minimum Gasteiger partial charge on any atom is -0.278 e. The van der Waals surface area contributed by atoms with Gasteiger partial charge in [0.05, 0.1) is 17.4 Å². The fraction of sp³-hybridized carbons (Fsp3) is 0. The molecule has 3 aromatic rings. The van der Waals surface area contributed by atoms with Gasteiger partial charge >= 0.3 is 0 Å². The molecule has 0 amide bonds. The van der Waals surface area contributed by atoms with Crippen LogP contribution in [0.15, 0.2) is 58.2 Å². The summed E-state index contributed by atoms with van der Waals surface area (Å²) >= 11 is 9.06. The number of benzene rings is 1. The number of fused-ring (bicyclic) bond motifs is 1. The number of nitrogens with zero attached hydrogens (tertiary/aromatic N) is 2. The zero-order valence-electron chi connectivity index (χ0n) is 11.0. The third-order valence-electron chi connectivity index (χ3n) is 2.91. The number of para-hydroxylation sites is 1. The molecular weight excluding hydrogens is 390 g/mol. The Morgan fingerprint density at radius 1 is 1.09 bits per heavy atom. The monoisotopic (exact) mass is 397 g/mol. The summed E-state index contributed by atoms with van der Waals surface area (Å²) in [5.74, 6) is 0. The van der Waals surface area contributed by atoms with E-state index in [1.165, 1.54) is 18.5 Å². The van der Waals surface area contributed by atoms with Crippen LogP contribution in [0.5, 0.6) is 0 Å². The van der Waals surface area contributed by atoms with Crippen molar-refractivity contribution in [3.63, 3.8) is 0 Å². The molecule has 0 aliphatic rings. The van der Waals surface area contributed by atoms with Gasteiger partial charge in [0.2, 0.25) is 0 Å². The van der Waals surface area contributed by atoms with Crippen molar-refractivity contribution in [1.29, 1.82) is 0 Å². The van der Waals surface area contributed by atoms with E-state index in [1.807, 2.05) is 24.3 Å². The third kappa shape index (κ3) is 3.06. The third-order valence-corrected chi connectivity index (χ3v) is 5.15. The van der Waals surface area contributed by atoms with E-state index in [0.717, 1.165) is 10.9 Å². The first-order valence-corrected chi connectivity index (χ1v) is 8.80. The molecule has 8 heteroatoms. The van der Waals surface area contributed by atoms with E-state index in [2.05, 4.69) is 30.6 Å². The van der Waals surface area contributed by atoms with E-state index in [9.17, 15) is 8.42 Å². The topological polar surface area (TPSA) is 72.0 Å². The largest absolute Gasteiger partial charge is 0.278 e. The number of anilines is 1.